The summed E-state index contributed by atoms with van der Waals surface area (Å²) in [6.07, 6.45) is 3.10. The van der Waals surface area contributed by atoms with Gasteiger partial charge in [0.25, 0.3) is 0 Å². The van der Waals surface area contributed by atoms with Gasteiger partial charge in [0.15, 0.2) is 4.67 Å². The van der Waals surface area contributed by atoms with E-state index in [0.717, 1.165) is 11.1 Å². The predicted octanol–water partition coefficient (Wildman–Crippen LogP) is 2.92. The Hall–Kier alpha value is 0.0200. The van der Waals surface area contributed by atoms with Crippen molar-refractivity contribution >= 4 is 15.9 Å². The van der Waals surface area contributed by atoms with Crippen LogP contribution in [0.5, 0.6) is 0 Å². The minimum Gasteiger partial charge on any atom is -0.490 e. The number of halogens is 1. The highest BCUT2D eigenvalue weighted by atomic mass is 79.9. The van der Waals surface area contributed by atoms with Crippen molar-refractivity contribution in [3.8, 4) is 0 Å². The lowest BCUT2D eigenvalue weighted by atomic mass is 10.1. The Morgan fingerprint density at radius 1 is 1.67 bits per heavy atom. The summed E-state index contributed by atoms with van der Waals surface area (Å²) in [6.45, 7) is 4.35. The summed E-state index contributed by atoms with van der Waals surface area (Å²) in [5.41, 5.74) is 0. The van der Waals surface area contributed by atoms with Gasteiger partial charge in [-0.25, -0.2) is 0 Å². The van der Waals surface area contributed by atoms with Crippen molar-refractivity contribution in [2.75, 3.05) is 7.11 Å². The molecule has 0 unspecified atom stereocenters. The van der Waals surface area contributed by atoms with E-state index in [1.165, 1.54) is 0 Å². The highest BCUT2D eigenvalue weighted by molar-refractivity contribution is 9.11. The Labute approximate surface area is 65.2 Å². The van der Waals surface area contributed by atoms with Gasteiger partial charge in [-0.15, -0.1) is 0 Å². The Morgan fingerprint density at radius 2 is 2.22 bits per heavy atom. The fourth-order valence-corrected chi connectivity index (χ4v) is 0.599. The zero-order valence-electron chi connectivity index (χ0n) is 6.15. The van der Waals surface area contributed by atoms with E-state index >= 15 is 0 Å². The third-order valence-corrected chi connectivity index (χ3v) is 1.59. The minimum atomic E-state index is 0.702. The van der Waals surface area contributed by atoms with Crippen LogP contribution in [0, 0.1) is 5.92 Å². The van der Waals surface area contributed by atoms with Crippen molar-refractivity contribution in [2.45, 2.75) is 20.3 Å². The summed E-state index contributed by atoms with van der Waals surface area (Å²) in [6, 6.07) is 0. The van der Waals surface area contributed by atoms with Gasteiger partial charge in [0, 0.05) is 0 Å². The molecular weight excluding hydrogens is 180 g/mol. The maximum atomic E-state index is 4.88. The first-order valence-electron chi connectivity index (χ1n) is 3.06. The van der Waals surface area contributed by atoms with E-state index in [2.05, 4.69) is 29.8 Å². The number of hydrogen-bond acceptors (Lipinski definition) is 1. The summed E-state index contributed by atoms with van der Waals surface area (Å²) >= 11 is 3.24. The molecule has 0 N–H and O–H groups in total. The van der Waals surface area contributed by atoms with Crippen LogP contribution in [0.4, 0.5) is 0 Å². The van der Waals surface area contributed by atoms with Crippen LogP contribution in [-0.4, -0.2) is 7.11 Å². The molecule has 2 heteroatoms. The van der Waals surface area contributed by atoms with E-state index < -0.39 is 0 Å². The Balaban J connectivity index is 3.43. The predicted molar refractivity (Wildman–Crippen MR) is 43.5 cm³/mol. The van der Waals surface area contributed by atoms with E-state index in [9.17, 15) is 0 Å². The molecule has 0 saturated carbocycles. The second-order valence-electron chi connectivity index (χ2n) is 2.34. The van der Waals surface area contributed by atoms with Crippen molar-refractivity contribution in [1.29, 1.82) is 0 Å². The molecule has 0 amide bonds. The lowest BCUT2D eigenvalue weighted by Crippen LogP contribution is -1.83. The fourth-order valence-electron chi connectivity index (χ4n) is 0.412. The van der Waals surface area contributed by atoms with Crippen molar-refractivity contribution in [1.82, 2.24) is 0 Å². The lowest BCUT2D eigenvalue weighted by Gasteiger charge is -1.98. The van der Waals surface area contributed by atoms with Gasteiger partial charge in [-0.2, -0.15) is 0 Å². The van der Waals surface area contributed by atoms with Crippen LogP contribution in [0.3, 0.4) is 0 Å². The van der Waals surface area contributed by atoms with Crippen LogP contribution in [-0.2, 0) is 4.74 Å². The first kappa shape index (κ1) is 9.02. The molecule has 0 radical (unpaired) electrons. The van der Waals surface area contributed by atoms with Gasteiger partial charge >= 0.3 is 0 Å². The van der Waals surface area contributed by atoms with E-state index in [4.69, 9.17) is 4.74 Å². The normalized spacial score (nSPS) is 12.3. The molecule has 0 atom stereocenters. The molecule has 0 aromatic carbocycles. The molecule has 0 aromatic rings. The zero-order valence-corrected chi connectivity index (χ0v) is 7.73. The summed E-state index contributed by atoms with van der Waals surface area (Å²) in [4.78, 5) is 0. The molecule has 0 aliphatic heterocycles. The van der Waals surface area contributed by atoms with Crippen LogP contribution in [0.2, 0.25) is 0 Å². The molecule has 0 bridgehead atoms. The van der Waals surface area contributed by atoms with Crippen molar-refractivity contribution in [3.05, 3.63) is 10.7 Å². The minimum absolute atomic E-state index is 0.702. The molecule has 1 nitrogen and oxygen atoms in total. The van der Waals surface area contributed by atoms with Crippen LogP contribution >= 0.6 is 15.9 Å². The van der Waals surface area contributed by atoms with Crippen LogP contribution < -0.4 is 0 Å². The molecule has 0 spiro atoms. The Morgan fingerprint density at radius 3 is 2.56 bits per heavy atom. The topological polar surface area (TPSA) is 9.23 Å². The molecule has 9 heavy (non-hydrogen) atoms. The summed E-state index contributed by atoms with van der Waals surface area (Å²) < 4.78 is 5.71. The van der Waals surface area contributed by atoms with Gasteiger partial charge in [-0.3, -0.25) is 0 Å². The van der Waals surface area contributed by atoms with Crippen LogP contribution in [0.25, 0.3) is 0 Å². The molecule has 0 fully saturated rings. The SMILES string of the molecule is COC(Br)=CCC(C)C. The summed E-state index contributed by atoms with van der Waals surface area (Å²) in [5, 5.41) is 0. The average molecular weight is 193 g/mol. The lowest BCUT2D eigenvalue weighted by molar-refractivity contribution is 0.325. The molecule has 0 saturated heterocycles. The number of hydrogen-bond donors (Lipinski definition) is 0. The average Bonchev–Trinajstić information content (AvgIpc) is 1.83. The molecule has 0 aliphatic carbocycles. The summed E-state index contributed by atoms with van der Waals surface area (Å²) in [7, 11) is 1.65. The third kappa shape index (κ3) is 5.90. The summed E-state index contributed by atoms with van der Waals surface area (Å²) in [5.74, 6) is 0.702. The molecule has 54 valence electrons. The first-order valence-corrected chi connectivity index (χ1v) is 3.85. The number of rotatable bonds is 3. The molecule has 0 heterocycles. The molecule has 0 rings (SSSR count). The van der Waals surface area contributed by atoms with Gasteiger partial charge < -0.3 is 4.74 Å². The number of allylic oxidation sites excluding steroid dienone is 1. The standard InChI is InChI=1S/C7H13BrO/c1-6(2)4-5-7(8)9-3/h5-6H,4H2,1-3H3. The number of ether oxygens (including phenoxy) is 1. The monoisotopic (exact) mass is 192 g/mol. The van der Waals surface area contributed by atoms with E-state index in [1.54, 1.807) is 7.11 Å². The van der Waals surface area contributed by atoms with Gasteiger partial charge in [0.2, 0.25) is 0 Å². The third-order valence-electron chi connectivity index (χ3n) is 0.945. The van der Waals surface area contributed by atoms with Crippen LogP contribution in [0.15, 0.2) is 10.7 Å². The quantitative estimate of drug-likeness (QED) is 0.626. The fraction of sp³-hybridized carbons (Fsp3) is 0.714. The van der Waals surface area contributed by atoms with Crippen LogP contribution in [0.1, 0.15) is 20.3 Å². The van der Waals surface area contributed by atoms with Gasteiger partial charge in [-0.05, 0) is 34.3 Å². The van der Waals surface area contributed by atoms with E-state index in [0.29, 0.717) is 5.92 Å². The van der Waals surface area contributed by atoms with Crippen molar-refractivity contribution < 1.29 is 4.74 Å². The Bertz CT molecular complexity index is 97.1. The second-order valence-corrected chi connectivity index (χ2v) is 3.12. The van der Waals surface area contributed by atoms with Crippen molar-refractivity contribution in [2.24, 2.45) is 5.92 Å². The zero-order chi connectivity index (χ0) is 7.28. The second kappa shape index (κ2) is 4.86. The highest BCUT2D eigenvalue weighted by Gasteiger charge is 1.90. The maximum absolute atomic E-state index is 4.88. The number of methoxy groups -OCH3 is 1. The van der Waals surface area contributed by atoms with Gasteiger partial charge in [0.1, 0.15) is 0 Å². The maximum Gasteiger partial charge on any atom is 0.157 e. The smallest absolute Gasteiger partial charge is 0.157 e. The molecule has 0 aliphatic rings. The first-order chi connectivity index (χ1) is 4.16. The van der Waals surface area contributed by atoms with E-state index in [1.807, 2.05) is 6.08 Å². The van der Waals surface area contributed by atoms with Gasteiger partial charge in [0.05, 0.1) is 7.11 Å². The Kier molecular flexibility index (Phi) is 4.87. The molecular formula is C7H13BrO. The largest absolute Gasteiger partial charge is 0.490 e. The van der Waals surface area contributed by atoms with E-state index in [-0.39, 0.29) is 0 Å². The molecule has 0 aromatic heterocycles. The highest BCUT2D eigenvalue weighted by Crippen LogP contribution is 2.09. The van der Waals surface area contributed by atoms with Gasteiger partial charge in [-0.1, -0.05) is 13.8 Å². The van der Waals surface area contributed by atoms with Crippen molar-refractivity contribution in [3.63, 3.8) is 0 Å².